The maximum absolute atomic E-state index is 11.5. The molecular weight excluding hydrogens is 202 g/mol. The van der Waals surface area contributed by atoms with Gasteiger partial charge >= 0.3 is 0 Å². The molecule has 0 amide bonds. The summed E-state index contributed by atoms with van der Waals surface area (Å²) in [5, 5.41) is 0. The number of nitrogens with two attached hydrogens (primary N) is 1. The number of methoxy groups -OCH3 is 1. The number of ether oxygens (including phenoxy) is 1. The second kappa shape index (κ2) is 4.39. The molecule has 0 aliphatic heterocycles. The minimum Gasteiger partial charge on any atom is -0.496 e. The Morgan fingerprint density at radius 3 is 3.00 bits per heavy atom. The molecule has 84 valence electrons. The second-order valence-corrected chi connectivity index (χ2v) is 3.93. The third kappa shape index (κ3) is 2.08. The molecule has 0 radical (unpaired) electrons. The first-order valence-corrected chi connectivity index (χ1v) is 5.12. The Balaban J connectivity index is 2.30. The van der Waals surface area contributed by atoms with Crippen LogP contribution in [0.1, 0.15) is 28.4 Å². The maximum atomic E-state index is 11.5. The largest absolute Gasteiger partial charge is 0.496 e. The van der Waals surface area contributed by atoms with Crippen molar-refractivity contribution in [3.05, 3.63) is 41.6 Å². The molecule has 0 saturated heterocycles. The van der Waals surface area contributed by atoms with Gasteiger partial charge in [0.15, 0.2) is 5.78 Å². The van der Waals surface area contributed by atoms with Crippen LogP contribution >= 0.6 is 0 Å². The van der Waals surface area contributed by atoms with Gasteiger partial charge in [-0.2, -0.15) is 0 Å². The van der Waals surface area contributed by atoms with Crippen LogP contribution in [0.5, 0.6) is 5.75 Å². The molecular formula is C13H15NO2. The number of para-hydroxylation sites is 1. The van der Waals surface area contributed by atoms with E-state index in [4.69, 9.17) is 14.6 Å². The van der Waals surface area contributed by atoms with Crippen molar-refractivity contribution in [2.24, 2.45) is 5.73 Å². The molecule has 3 nitrogen and oxygen atoms in total. The lowest BCUT2D eigenvalue weighted by molar-refractivity contribution is -0.115. The van der Waals surface area contributed by atoms with Crippen LogP contribution in [-0.4, -0.2) is 12.8 Å². The van der Waals surface area contributed by atoms with E-state index in [1.54, 1.807) is 24.3 Å². The van der Waals surface area contributed by atoms with Gasteiger partial charge in [-0.15, -0.1) is 0 Å². The Kier molecular flexibility index (Phi) is 2.06. The van der Waals surface area contributed by atoms with Crippen LogP contribution in [-0.2, 0) is 4.79 Å². The van der Waals surface area contributed by atoms with Crippen molar-refractivity contribution in [3.63, 3.8) is 0 Å². The number of carbonyl (C=O) groups is 1. The fourth-order valence-corrected chi connectivity index (χ4v) is 2.05. The highest BCUT2D eigenvalue weighted by Gasteiger charge is 2.23. The molecule has 0 bridgehead atoms. The van der Waals surface area contributed by atoms with Crippen LogP contribution in [0.15, 0.2) is 36.0 Å². The van der Waals surface area contributed by atoms with Gasteiger partial charge in [0.05, 0.1) is 11.2 Å². The van der Waals surface area contributed by atoms with Crippen LogP contribution < -0.4 is 10.5 Å². The predicted molar refractivity (Wildman–Crippen MR) is 62.2 cm³/mol. The Morgan fingerprint density at radius 2 is 2.25 bits per heavy atom. The molecule has 2 rings (SSSR count). The van der Waals surface area contributed by atoms with E-state index in [0.29, 0.717) is 24.1 Å². The molecule has 16 heavy (non-hydrogen) atoms. The van der Waals surface area contributed by atoms with Crippen LogP contribution in [0.25, 0.3) is 0 Å². The Hall–Kier alpha value is -1.77. The van der Waals surface area contributed by atoms with Crippen molar-refractivity contribution in [1.82, 2.24) is 0 Å². The van der Waals surface area contributed by atoms with E-state index < -0.39 is 7.04 Å². The van der Waals surface area contributed by atoms with Gasteiger partial charge in [-0.1, -0.05) is 18.2 Å². The summed E-state index contributed by atoms with van der Waals surface area (Å²) in [6.45, 7) is 0. The summed E-state index contributed by atoms with van der Waals surface area (Å²) in [5.41, 5.74) is 6.95. The van der Waals surface area contributed by atoms with Crippen LogP contribution in [0, 0.1) is 0 Å². The molecule has 1 aromatic carbocycles. The van der Waals surface area contributed by atoms with Gasteiger partial charge in [-0.3, -0.25) is 4.79 Å². The number of rotatable bonds is 2. The highest BCUT2D eigenvalue weighted by Crippen LogP contribution is 2.34. The number of ketones is 1. The van der Waals surface area contributed by atoms with E-state index in [-0.39, 0.29) is 17.5 Å². The van der Waals surface area contributed by atoms with Gasteiger partial charge in [0.2, 0.25) is 0 Å². The third-order valence-corrected chi connectivity index (χ3v) is 2.74. The van der Waals surface area contributed by atoms with Gasteiger partial charge in [0, 0.05) is 18.0 Å². The zero-order valence-corrected chi connectivity index (χ0v) is 8.77. The van der Waals surface area contributed by atoms with Crippen molar-refractivity contribution in [2.45, 2.75) is 18.8 Å². The number of hydrogen-bond acceptors (Lipinski definition) is 3. The summed E-state index contributed by atoms with van der Waals surface area (Å²) in [5.74, 6) is 0.114. The van der Waals surface area contributed by atoms with Gasteiger partial charge in [0.1, 0.15) is 5.75 Å². The molecule has 0 saturated carbocycles. The minimum absolute atomic E-state index is 0.0440. The van der Waals surface area contributed by atoms with Gasteiger partial charge < -0.3 is 10.5 Å². The van der Waals surface area contributed by atoms with Crippen molar-refractivity contribution >= 4 is 5.78 Å². The molecule has 1 atom stereocenters. The quantitative estimate of drug-likeness (QED) is 0.829. The predicted octanol–water partition coefficient (Wildman–Crippen LogP) is 1.98. The summed E-state index contributed by atoms with van der Waals surface area (Å²) in [6, 6.07) is 6.87. The minimum atomic E-state index is -2.50. The van der Waals surface area contributed by atoms with Crippen LogP contribution in [0.3, 0.4) is 0 Å². The molecule has 3 heteroatoms. The Morgan fingerprint density at radius 1 is 1.44 bits per heavy atom. The van der Waals surface area contributed by atoms with E-state index >= 15 is 0 Å². The zero-order chi connectivity index (χ0) is 14.0. The van der Waals surface area contributed by atoms with Gasteiger partial charge in [-0.05, 0) is 24.1 Å². The van der Waals surface area contributed by atoms with Crippen LogP contribution in [0.2, 0.25) is 0 Å². The summed E-state index contributed by atoms with van der Waals surface area (Å²) < 4.78 is 26.5. The summed E-state index contributed by atoms with van der Waals surface area (Å²) in [4.78, 5) is 11.5. The lowest BCUT2D eigenvalue weighted by atomic mass is 9.85. The summed E-state index contributed by atoms with van der Waals surface area (Å²) in [7, 11) is -2.50. The van der Waals surface area contributed by atoms with Crippen molar-refractivity contribution in [2.75, 3.05) is 7.04 Å². The van der Waals surface area contributed by atoms with E-state index in [1.165, 1.54) is 6.08 Å². The summed E-state index contributed by atoms with van der Waals surface area (Å²) >= 11 is 0. The molecule has 2 N–H and O–H groups in total. The van der Waals surface area contributed by atoms with E-state index in [2.05, 4.69) is 0 Å². The average molecular weight is 220 g/mol. The summed E-state index contributed by atoms with van der Waals surface area (Å²) in [6.07, 6.45) is 2.29. The smallest absolute Gasteiger partial charge is 0.158 e. The lowest BCUT2D eigenvalue weighted by Crippen LogP contribution is -2.17. The monoisotopic (exact) mass is 220 g/mol. The number of carbonyl (C=O) groups excluding carboxylic acids is 1. The van der Waals surface area contributed by atoms with Gasteiger partial charge in [0.25, 0.3) is 0 Å². The number of benzene rings is 1. The van der Waals surface area contributed by atoms with Crippen molar-refractivity contribution in [1.29, 1.82) is 0 Å². The third-order valence-electron chi connectivity index (χ3n) is 2.74. The normalized spacial score (nSPS) is 24.0. The fourth-order valence-electron chi connectivity index (χ4n) is 2.05. The molecule has 0 spiro atoms. The number of allylic oxidation sites excluding steroid dienone is 2. The zero-order valence-electron chi connectivity index (χ0n) is 11.8. The first-order chi connectivity index (χ1) is 8.85. The van der Waals surface area contributed by atoms with Crippen LogP contribution in [0.4, 0.5) is 0 Å². The molecule has 1 aliphatic rings. The molecule has 0 fully saturated rings. The second-order valence-electron chi connectivity index (χ2n) is 3.93. The van der Waals surface area contributed by atoms with Gasteiger partial charge in [-0.25, -0.2) is 0 Å². The Labute approximate surface area is 99.1 Å². The SMILES string of the molecule is [2H]C([2H])([2H])Oc1ccccc1[C@H]1CC(=O)C=C(N)C1. The van der Waals surface area contributed by atoms with E-state index in [0.717, 1.165) is 0 Å². The Bertz CT molecular complexity index is 523. The fraction of sp³-hybridized carbons (Fsp3) is 0.308. The highest BCUT2D eigenvalue weighted by molar-refractivity contribution is 5.92. The molecule has 0 aromatic heterocycles. The van der Waals surface area contributed by atoms with Crippen molar-refractivity contribution in [3.8, 4) is 5.75 Å². The highest BCUT2D eigenvalue weighted by atomic mass is 16.5. The molecule has 0 unspecified atom stereocenters. The van der Waals surface area contributed by atoms with E-state index in [9.17, 15) is 4.79 Å². The topological polar surface area (TPSA) is 52.3 Å². The number of hydrogen-bond donors (Lipinski definition) is 1. The maximum Gasteiger partial charge on any atom is 0.158 e. The first kappa shape index (κ1) is 7.49. The standard InChI is InChI=1S/C13H15NO2/c1-16-13-5-3-2-4-12(13)9-6-10(14)8-11(15)7-9/h2-5,8-9H,6-7,14H2,1H3/t9-/m1/s1/i1D3. The average Bonchev–Trinajstić information content (AvgIpc) is 2.26. The molecule has 1 aromatic rings. The lowest BCUT2D eigenvalue weighted by Gasteiger charge is -2.22. The molecule has 0 heterocycles. The first-order valence-electron chi connectivity index (χ1n) is 6.62. The van der Waals surface area contributed by atoms with Crippen molar-refractivity contribution < 1.29 is 13.6 Å². The molecule has 1 aliphatic carbocycles. The van der Waals surface area contributed by atoms with E-state index in [1.807, 2.05) is 0 Å².